The predicted octanol–water partition coefficient (Wildman–Crippen LogP) is 1.52. The second kappa shape index (κ2) is 8.82. The zero-order valence-electron chi connectivity index (χ0n) is 11.3. The number of amides is 1. The molecule has 0 heterocycles. The van der Waals surface area contributed by atoms with Gasteiger partial charge in [-0.15, -0.1) is 0 Å². The zero-order chi connectivity index (χ0) is 14.1. The molecule has 0 saturated carbocycles. The van der Waals surface area contributed by atoms with Crippen LogP contribution in [0.25, 0.3) is 0 Å². The molecule has 0 aliphatic carbocycles. The SMILES string of the molecule is CSCCCCNC(=O)[C@@H](N)Cc1ccc(O)cc1. The van der Waals surface area contributed by atoms with Crippen LogP contribution in [-0.2, 0) is 11.2 Å². The Morgan fingerprint density at radius 1 is 1.37 bits per heavy atom. The number of phenolic OH excluding ortho intramolecular Hbond substituents is 1. The van der Waals surface area contributed by atoms with Crippen molar-refractivity contribution in [3.63, 3.8) is 0 Å². The van der Waals surface area contributed by atoms with Crippen LogP contribution in [0.5, 0.6) is 5.75 Å². The lowest BCUT2D eigenvalue weighted by atomic mass is 10.1. The Hall–Kier alpha value is -1.20. The average Bonchev–Trinajstić information content (AvgIpc) is 2.41. The van der Waals surface area contributed by atoms with Crippen LogP contribution >= 0.6 is 11.8 Å². The summed E-state index contributed by atoms with van der Waals surface area (Å²) in [5.41, 5.74) is 6.80. The van der Waals surface area contributed by atoms with Gasteiger partial charge >= 0.3 is 0 Å². The molecule has 0 bridgehead atoms. The molecule has 4 N–H and O–H groups in total. The van der Waals surface area contributed by atoms with E-state index in [4.69, 9.17) is 5.73 Å². The summed E-state index contributed by atoms with van der Waals surface area (Å²) in [6.07, 6.45) is 4.65. The van der Waals surface area contributed by atoms with Crippen molar-refractivity contribution in [3.8, 4) is 5.75 Å². The van der Waals surface area contributed by atoms with Crippen LogP contribution in [0, 0.1) is 0 Å². The highest BCUT2D eigenvalue weighted by Crippen LogP contribution is 2.10. The quantitative estimate of drug-likeness (QED) is 0.632. The van der Waals surface area contributed by atoms with Gasteiger partial charge in [-0.05, 0) is 49.0 Å². The normalized spacial score (nSPS) is 12.1. The van der Waals surface area contributed by atoms with E-state index in [2.05, 4.69) is 11.6 Å². The number of hydrogen-bond acceptors (Lipinski definition) is 4. The third-order valence-corrected chi connectivity index (χ3v) is 3.50. The summed E-state index contributed by atoms with van der Waals surface area (Å²) in [7, 11) is 0. The van der Waals surface area contributed by atoms with Gasteiger partial charge in [-0.25, -0.2) is 0 Å². The van der Waals surface area contributed by atoms with Crippen LogP contribution in [0.15, 0.2) is 24.3 Å². The molecule has 0 radical (unpaired) electrons. The van der Waals surface area contributed by atoms with E-state index < -0.39 is 6.04 Å². The molecule has 0 saturated heterocycles. The molecular weight excluding hydrogens is 260 g/mol. The van der Waals surface area contributed by atoms with E-state index >= 15 is 0 Å². The average molecular weight is 282 g/mol. The maximum absolute atomic E-state index is 11.8. The number of thioether (sulfide) groups is 1. The Morgan fingerprint density at radius 2 is 2.05 bits per heavy atom. The first-order chi connectivity index (χ1) is 9.13. The number of nitrogens with one attached hydrogen (secondary N) is 1. The summed E-state index contributed by atoms with van der Waals surface area (Å²) < 4.78 is 0. The first-order valence-corrected chi connectivity index (χ1v) is 7.83. The summed E-state index contributed by atoms with van der Waals surface area (Å²) in [5.74, 6) is 1.22. The number of carbonyl (C=O) groups excluding carboxylic acids is 1. The predicted molar refractivity (Wildman–Crippen MR) is 80.4 cm³/mol. The Balaban J connectivity index is 2.26. The first kappa shape index (κ1) is 15.9. The van der Waals surface area contributed by atoms with E-state index in [1.54, 1.807) is 24.3 Å². The minimum absolute atomic E-state index is 0.114. The first-order valence-electron chi connectivity index (χ1n) is 6.43. The molecule has 1 atom stereocenters. The second-order valence-electron chi connectivity index (χ2n) is 4.47. The van der Waals surface area contributed by atoms with Crippen molar-refractivity contribution in [3.05, 3.63) is 29.8 Å². The van der Waals surface area contributed by atoms with Crippen molar-refractivity contribution in [2.24, 2.45) is 5.73 Å². The number of phenols is 1. The van der Waals surface area contributed by atoms with Gasteiger partial charge in [0.1, 0.15) is 5.75 Å². The molecule has 1 amide bonds. The van der Waals surface area contributed by atoms with Crippen molar-refractivity contribution in [1.82, 2.24) is 5.32 Å². The van der Waals surface area contributed by atoms with Crippen molar-refractivity contribution >= 4 is 17.7 Å². The van der Waals surface area contributed by atoms with Gasteiger partial charge in [0.25, 0.3) is 0 Å². The van der Waals surface area contributed by atoms with Gasteiger partial charge in [0.15, 0.2) is 0 Å². The molecule has 0 spiro atoms. The lowest BCUT2D eigenvalue weighted by Crippen LogP contribution is -2.42. The monoisotopic (exact) mass is 282 g/mol. The molecule has 106 valence electrons. The fourth-order valence-corrected chi connectivity index (χ4v) is 2.19. The Morgan fingerprint density at radius 3 is 2.68 bits per heavy atom. The van der Waals surface area contributed by atoms with Gasteiger partial charge in [-0.1, -0.05) is 12.1 Å². The van der Waals surface area contributed by atoms with Gasteiger partial charge in [0.05, 0.1) is 6.04 Å². The van der Waals surface area contributed by atoms with Crippen molar-refractivity contribution in [1.29, 1.82) is 0 Å². The van der Waals surface area contributed by atoms with Crippen LogP contribution in [0.1, 0.15) is 18.4 Å². The molecule has 1 rings (SSSR count). The number of rotatable bonds is 8. The molecule has 1 aromatic carbocycles. The highest BCUT2D eigenvalue weighted by atomic mass is 32.2. The summed E-state index contributed by atoms with van der Waals surface area (Å²) >= 11 is 1.81. The third-order valence-electron chi connectivity index (χ3n) is 2.80. The van der Waals surface area contributed by atoms with Crippen molar-refractivity contribution < 1.29 is 9.90 Å². The molecule has 1 aromatic rings. The Kier molecular flexibility index (Phi) is 7.36. The summed E-state index contributed by atoms with van der Waals surface area (Å²) in [6.45, 7) is 0.683. The number of nitrogens with two attached hydrogens (primary N) is 1. The third kappa shape index (κ3) is 6.50. The molecule has 0 fully saturated rings. The Labute approximate surface area is 118 Å². The molecule has 5 heteroatoms. The molecule has 0 aromatic heterocycles. The largest absolute Gasteiger partial charge is 0.508 e. The second-order valence-corrected chi connectivity index (χ2v) is 5.45. The van der Waals surface area contributed by atoms with E-state index in [1.165, 1.54) is 0 Å². The van der Waals surface area contributed by atoms with Gasteiger partial charge in [0.2, 0.25) is 5.91 Å². The fourth-order valence-electron chi connectivity index (χ4n) is 1.69. The molecule has 0 aliphatic rings. The number of benzene rings is 1. The topological polar surface area (TPSA) is 75.4 Å². The molecule has 19 heavy (non-hydrogen) atoms. The summed E-state index contributed by atoms with van der Waals surface area (Å²) in [6, 6.07) is 6.22. The van der Waals surface area contributed by atoms with Crippen LogP contribution in [0.2, 0.25) is 0 Å². The maximum Gasteiger partial charge on any atom is 0.237 e. The molecule has 0 unspecified atom stereocenters. The van der Waals surface area contributed by atoms with Crippen LogP contribution in [-0.4, -0.2) is 35.6 Å². The van der Waals surface area contributed by atoms with E-state index in [1.807, 2.05) is 11.8 Å². The minimum atomic E-state index is -0.537. The van der Waals surface area contributed by atoms with Crippen LogP contribution in [0.3, 0.4) is 0 Å². The molecular formula is C14H22N2O2S. The smallest absolute Gasteiger partial charge is 0.237 e. The molecule has 4 nitrogen and oxygen atoms in total. The maximum atomic E-state index is 11.8. The van der Waals surface area contributed by atoms with Crippen molar-refractivity contribution in [2.45, 2.75) is 25.3 Å². The van der Waals surface area contributed by atoms with E-state index in [9.17, 15) is 9.90 Å². The van der Waals surface area contributed by atoms with E-state index in [0.717, 1.165) is 24.2 Å². The molecule has 0 aliphatic heterocycles. The van der Waals surface area contributed by atoms with E-state index in [-0.39, 0.29) is 11.7 Å². The van der Waals surface area contributed by atoms with Crippen LogP contribution in [0.4, 0.5) is 0 Å². The highest BCUT2D eigenvalue weighted by Gasteiger charge is 2.13. The lowest BCUT2D eigenvalue weighted by Gasteiger charge is -2.12. The standard InChI is InChI=1S/C14H22N2O2S/c1-19-9-3-2-8-16-14(18)13(15)10-11-4-6-12(17)7-5-11/h4-7,13,17H,2-3,8-10,15H2,1H3,(H,16,18)/t13-/m0/s1. The van der Waals surface area contributed by atoms with Crippen molar-refractivity contribution in [2.75, 3.05) is 18.6 Å². The zero-order valence-corrected chi connectivity index (χ0v) is 12.1. The van der Waals surface area contributed by atoms with Gasteiger partial charge in [-0.2, -0.15) is 11.8 Å². The number of unbranched alkanes of at least 4 members (excludes halogenated alkanes) is 1. The summed E-state index contributed by atoms with van der Waals surface area (Å²) in [5, 5.41) is 12.0. The fraction of sp³-hybridized carbons (Fsp3) is 0.500. The van der Waals surface area contributed by atoms with E-state index in [0.29, 0.717) is 13.0 Å². The summed E-state index contributed by atoms with van der Waals surface area (Å²) in [4.78, 5) is 11.8. The lowest BCUT2D eigenvalue weighted by molar-refractivity contribution is -0.122. The van der Waals surface area contributed by atoms with Gasteiger partial charge in [-0.3, -0.25) is 4.79 Å². The van der Waals surface area contributed by atoms with Gasteiger partial charge < -0.3 is 16.2 Å². The number of aromatic hydroxyl groups is 1. The minimum Gasteiger partial charge on any atom is -0.508 e. The number of hydrogen-bond donors (Lipinski definition) is 3. The highest BCUT2D eigenvalue weighted by molar-refractivity contribution is 7.98. The van der Waals surface area contributed by atoms with Crippen LogP contribution < -0.4 is 11.1 Å². The number of carbonyl (C=O) groups is 1. The van der Waals surface area contributed by atoms with Gasteiger partial charge in [0, 0.05) is 6.54 Å². The Bertz CT molecular complexity index is 382.